The van der Waals surface area contributed by atoms with E-state index in [2.05, 4.69) is 93.6 Å². The Kier molecular flexibility index (Phi) is 14.6. The molecule has 5 rings (SSSR count). The van der Waals surface area contributed by atoms with E-state index in [0.29, 0.717) is 12.8 Å². The zero-order chi connectivity index (χ0) is 35.5. The summed E-state index contributed by atoms with van der Waals surface area (Å²) in [6.45, 7) is 10.7. The Labute approximate surface area is 301 Å². The van der Waals surface area contributed by atoms with Crippen molar-refractivity contribution in [1.82, 2.24) is 0 Å². The van der Waals surface area contributed by atoms with Crippen LogP contribution in [0.25, 0.3) is 0 Å². The number of fused-ring (bicyclic) bond motifs is 2. The maximum absolute atomic E-state index is 11.8. The summed E-state index contributed by atoms with van der Waals surface area (Å²) < 4.78 is 32.7. The molecule has 0 saturated heterocycles. The van der Waals surface area contributed by atoms with Gasteiger partial charge in [-0.2, -0.15) is 0 Å². The number of benzene rings is 3. The Bertz CT molecular complexity index is 1430. The molecule has 2 saturated carbocycles. The van der Waals surface area contributed by atoms with Crippen molar-refractivity contribution >= 4 is 26.8 Å². The van der Waals surface area contributed by atoms with Gasteiger partial charge in [-0.25, -0.2) is 8.42 Å². The summed E-state index contributed by atoms with van der Waals surface area (Å²) in [5, 5.41) is 0. The number of carbonyl (C=O) groups is 1. The Morgan fingerprint density at radius 1 is 0.653 bits per heavy atom. The SMILES string of the molecule is CC1(C)C2CCC1(CS(=O)(=O)[O-])C(=O)C2.CCCCCc1ccc([S+](c2ccc(CCCCC)cc2)c2ccc(CCCCC)cc2)cc1. The Hall–Kier alpha value is -2.41. The highest BCUT2D eigenvalue weighted by atomic mass is 32.2. The van der Waals surface area contributed by atoms with Crippen molar-refractivity contribution in [3.63, 3.8) is 0 Å². The molecule has 2 unspecified atom stereocenters. The van der Waals surface area contributed by atoms with E-state index in [1.54, 1.807) is 0 Å². The van der Waals surface area contributed by atoms with Crippen molar-refractivity contribution in [2.75, 3.05) is 5.75 Å². The first-order valence-corrected chi connectivity index (χ1v) is 21.7. The van der Waals surface area contributed by atoms with Gasteiger partial charge in [-0.3, -0.25) is 4.79 Å². The molecule has 0 spiro atoms. The van der Waals surface area contributed by atoms with Gasteiger partial charge in [0.05, 0.1) is 26.8 Å². The quantitative estimate of drug-likeness (QED) is 0.0796. The zero-order valence-electron chi connectivity index (χ0n) is 30.8. The minimum atomic E-state index is -4.33. The van der Waals surface area contributed by atoms with E-state index in [1.165, 1.54) is 108 Å². The summed E-state index contributed by atoms with van der Waals surface area (Å²) in [7, 11) is -4.39. The number of hydrogen-bond donors (Lipinski definition) is 0. The van der Waals surface area contributed by atoms with Crippen LogP contribution >= 0.6 is 0 Å². The highest BCUT2D eigenvalue weighted by Crippen LogP contribution is 2.64. The van der Waals surface area contributed by atoms with E-state index in [4.69, 9.17) is 0 Å². The van der Waals surface area contributed by atoms with Crippen LogP contribution in [-0.2, 0) is 45.1 Å². The predicted molar refractivity (Wildman–Crippen MR) is 204 cm³/mol. The predicted octanol–water partition coefficient (Wildman–Crippen LogP) is 10.9. The van der Waals surface area contributed by atoms with Crippen molar-refractivity contribution in [2.24, 2.45) is 16.7 Å². The molecule has 268 valence electrons. The molecule has 0 heterocycles. The van der Waals surface area contributed by atoms with E-state index in [1.807, 2.05) is 13.8 Å². The van der Waals surface area contributed by atoms with Gasteiger partial charge in [0.25, 0.3) is 0 Å². The number of rotatable bonds is 17. The average Bonchev–Trinajstić information content (AvgIpc) is 3.41. The summed E-state index contributed by atoms with van der Waals surface area (Å²) in [6, 6.07) is 28.5. The summed E-state index contributed by atoms with van der Waals surface area (Å²) in [5.41, 5.74) is 3.19. The minimum Gasteiger partial charge on any atom is -0.748 e. The molecule has 2 fully saturated rings. The molecule has 0 aromatic heterocycles. The highest BCUT2D eigenvalue weighted by molar-refractivity contribution is 7.97. The fraction of sp³-hybridized carbons (Fsp3) is 0.558. The van der Waals surface area contributed by atoms with Crippen molar-refractivity contribution in [2.45, 2.75) is 146 Å². The summed E-state index contributed by atoms with van der Waals surface area (Å²) in [5.74, 6) is -0.280. The molecule has 49 heavy (non-hydrogen) atoms. The molecule has 4 nitrogen and oxygen atoms in total. The Balaban J connectivity index is 0.000000299. The highest BCUT2D eigenvalue weighted by Gasteiger charge is 2.64. The molecule has 2 aliphatic carbocycles. The lowest BCUT2D eigenvalue weighted by molar-refractivity contribution is -0.128. The van der Waals surface area contributed by atoms with Crippen molar-refractivity contribution in [1.29, 1.82) is 0 Å². The molecule has 6 heteroatoms. The van der Waals surface area contributed by atoms with Crippen molar-refractivity contribution in [3.05, 3.63) is 89.5 Å². The second-order valence-electron chi connectivity index (χ2n) is 15.0. The molecule has 0 radical (unpaired) electrons. The smallest absolute Gasteiger partial charge is 0.166 e. The van der Waals surface area contributed by atoms with Gasteiger partial charge in [0, 0.05) is 11.8 Å². The van der Waals surface area contributed by atoms with Crippen LogP contribution in [0.4, 0.5) is 0 Å². The first-order chi connectivity index (χ1) is 23.4. The third kappa shape index (κ3) is 10.3. The van der Waals surface area contributed by atoms with E-state index < -0.39 is 21.3 Å². The van der Waals surface area contributed by atoms with E-state index >= 15 is 0 Å². The third-order valence-corrected chi connectivity index (χ3v) is 14.3. The topological polar surface area (TPSA) is 74.3 Å². The first-order valence-electron chi connectivity index (χ1n) is 18.9. The van der Waals surface area contributed by atoms with Crippen molar-refractivity contribution < 1.29 is 17.8 Å². The summed E-state index contributed by atoms with van der Waals surface area (Å²) >= 11 is 0. The fourth-order valence-corrected chi connectivity index (χ4v) is 11.3. The van der Waals surface area contributed by atoms with Gasteiger partial charge in [-0.15, -0.1) is 0 Å². The molecule has 3 aromatic carbocycles. The van der Waals surface area contributed by atoms with Crippen LogP contribution < -0.4 is 0 Å². The third-order valence-electron chi connectivity index (χ3n) is 11.2. The summed E-state index contributed by atoms with van der Waals surface area (Å²) in [4.78, 5) is 16.1. The lowest BCUT2D eigenvalue weighted by Gasteiger charge is -2.37. The maximum atomic E-state index is 11.8. The Morgan fingerprint density at radius 2 is 1.02 bits per heavy atom. The van der Waals surface area contributed by atoms with Gasteiger partial charge in [0.15, 0.2) is 14.7 Å². The summed E-state index contributed by atoms with van der Waals surface area (Å²) in [6.07, 6.45) is 17.1. The van der Waals surface area contributed by atoms with Crippen LogP contribution in [0.15, 0.2) is 87.5 Å². The lowest BCUT2D eigenvalue weighted by atomic mass is 9.70. The van der Waals surface area contributed by atoms with Crippen LogP contribution in [0.2, 0.25) is 0 Å². The van der Waals surface area contributed by atoms with Crippen molar-refractivity contribution in [3.8, 4) is 0 Å². The number of Topliss-reactive ketones (excluding diaryl/α,β-unsaturated/α-hetero) is 1. The molecule has 0 N–H and O–H groups in total. The fourth-order valence-electron chi connectivity index (χ4n) is 7.93. The largest absolute Gasteiger partial charge is 0.748 e. The minimum absolute atomic E-state index is 0.0248. The number of aryl methyl sites for hydroxylation is 3. The second kappa shape index (κ2) is 18.2. The van der Waals surface area contributed by atoms with Crippen LogP contribution in [0.1, 0.15) is 128 Å². The van der Waals surface area contributed by atoms with Crippen LogP contribution in [-0.4, -0.2) is 24.5 Å². The van der Waals surface area contributed by atoms with Gasteiger partial charge in [0.2, 0.25) is 0 Å². The number of unbranched alkanes of at least 4 members (excludes halogenated alkanes) is 6. The maximum Gasteiger partial charge on any atom is 0.166 e. The molecule has 2 aliphatic rings. The number of carbonyl (C=O) groups excluding carboxylic acids is 1. The van der Waals surface area contributed by atoms with Crippen LogP contribution in [0, 0.1) is 16.7 Å². The monoisotopic (exact) mass is 704 g/mol. The average molecular weight is 705 g/mol. The lowest BCUT2D eigenvalue weighted by Crippen LogP contribution is -2.42. The van der Waals surface area contributed by atoms with Gasteiger partial charge >= 0.3 is 0 Å². The molecular formula is C43H60O4S2. The number of ketones is 1. The van der Waals surface area contributed by atoms with Gasteiger partial charge in [-0.1, -0.05) is 110 Å². The number of hydrogen-bond acceptors (Lipinski definition) is 4. The van der Waals surface area contributed by atoms with Crippen LogP contribution in [0.5, 0.6) is 0 Å². The standard InChI is InChI=1S/C33H45S.C10H16O4S/c1-4-7-10-13-28-16-22-31(23-17-28)34(32-24-18-29(19-25-32)14-11-8-5-2)33-26-20-30(21-27-33)15-12-9-6-3;1-9(2)7-3-4-10(9,8(11)5-7)6-15(12,13)14/h16-27H,4-15H2,1-3H3;7H,3-6H2,1-2H3,(H,12,13,14)/q+1;/p-1. The van der Waals surface area contributed by atoms with E-state index in [0.717, 1.165) is 6.42 Å². The van der Waals surface area contributed by atoms with E-state index in [9.17, 15) is 17.8 Å². The molecule has 3 aromatic rings. The molecule has 0 aliphatic heterocycles. The first kappa shape index (κ1) is 39.4. The second-order valence-corrected chi connectivity index (χ2v) is 18.4. The Morgan fingerprint density at radius 3 is 1.29 bits per heavy atom. The van der Waals surface area contributed by atoms with E-state index in [-0.39, 0.29) is 28.0 Å². The molecule has 2 atom stereocenters. The molecule has 2 bridgehead atoms. The van der Waals surface area contributed by atoms with Crippen LogP contribution in [0.3, 0.4) is 0 Å². The van der Waals surface area contributed by atoms with Gasteiger partial charge < -0.3 is 4.55 Å². The molecular weight excluding hydrogens is 645 g/mol. The van der Waals surface area contributed by atoms with Gasteiger partial charge in [-0.05, 0) is 116 Å². The zero-order valence-corrected chi connectivity index (χ0v) is 32.4. The molecule has 0 amide bonds. The van der Waals surface area contributed by atoms with Gasteiger partial charge in [0.1, 0.15) is 5.78 Å². The normalized spacial score (nSPS) is 19.7.